The molecule has 0 radical (unpaired) electrons. The second-order valence-corrected chi connectivity index (χ2v) is 14.1. The highest BCUT2D eigenvalue weighted by molar-refractivity contribution is 7.47. The second kappa shape index (κ2) is 33.9. The molecule has 0 saturated carbocycles. The Labute approximate surface area is 292 Å². The number of ether oxygens (including phenoxy) is 2. The van der Waals surface area contributed by atoms with Gasteiger partial charge in [-0.05, 0) is 57.8 Å². The average Bonchev–Trinajstić information content (AvgIpc) is 3.06. The maximum atomic E-state index is 12.5. The Bertz CT molecular complexity index is 868. The topological polar surface area (TPSA) is 155 Å². The first-order valence-electron chi connectivity index (χ1n) is 18.9. The number of carboxylic acid groups (broad SMARTS) is 1. The van der Waals surface area contributed by atoms with Gasteiger partial charge >= 0.3 is 19.8 Å². The van der Waals surface area contributed by atoms with E-state index in [1.807, 2.05) is 0 Å². The van der Waals surface area contributed by atoms with Crippen LogP contribution in [0.1, 0.15) is 162 Å². The molecule has 0 heterocycles. The number of rotatable bonds is 36. The molecule has 0 aliphatic carbocycles. The van der Waals surface area contributed by atoms with Crippen molar-refractivity contribution in [3.05, 3.63) is 24.3 Å². The van der Waals surface area contributed by atoms with Crippen LogP contribution in [0, 0.1) is 0 Å². The fourth-order valence-corrected chi connectivity index (χ4v) is 5.73. The number of hydrogen-bond acceptors (Lipinski definition) is 8. The first kappa shape index (κ1) is 46.5. The number of unbranched alkanes of at least 4 members (excludes halogenated alkanes) is 18. The van der Waals surface area contributed by atoms with Crippen LogP contribution in [-0.2, 0) is 32.7 Å². The molecular formula is C37H70NO9P. The van der Waals surface area contributed by atoms with Gasteiger partial charge < -0.3 is 25.2 Å². The minimum absolute atomic E-state index is 0.0108. The molecule has 0 amide bonds. The van der Waals surface area contributed by atoms with Crippen molar-refractivity contribution >= 4 is 19.8 Å². The van der Waals surface area contributed by atoms with Crippen LogP contribution in [0.4, 0.5) is 0 Å². The maximum Gasteiger partial charge on any atom is 0.472 e. The highest BCUT2D eigenvalue weighted by Crippen LogP contribution is 2.43. The zero-order chi connectivity index (χ0) is 35.6. The van der Waals surface area contributed by atoms with Crippen molar-refractivity contribution in [2.45, 2.75) is 174 Å². The zero-order valence-electron chi connectivity index (χ0n) is 30.3. The van der Waals surface area contributed by atoms with E-state index in [2.05, 4.69) is 42.7 Å². The van der Waals surface area contributed by atoms with Crippen molar-refractivity contribution < 1.29 is 42.7 Å². The Morgan fingerprint density at radius 1 is 0.646 bits per heavy atom. The van der Waals surface area contributed by atoms with Gasteiger partial charge in [0.2, 0.25) is 0 Å². The van der Waals surface area contributed by atoms with Crippen LogP contribution in [0.2, 0.25) is 0 Å². The minimum atomic E-state index is -4.61. The number of carboxylic acids is 1. The van der Waals surface area contributed by atoms with Crippen molar-refractivity contribution in [3.8, 4) is 0 Å². The molecule has 0 aromatic heterocycles. The smallest absolute Gasteiger partial charge is 0.472 e. The number of allylic oxidation sites excluding steroid dienone is 4. The molecule has 48 heavy (non-hydrogen) atoms. The van der Waals surface area contributed by atoms with Crippen LogP contribution in [0.5, 0.6) is 0 Å². The van der Waals surface area contributed by atoms with Gasteiger partial charge in [0, 0.05) is 13.0 Å². The van der Waals surface area contributed by atoms with E-state index in [0.717, 1.165) is 64.2 Å². The number of phosphoric ester groups is 1. The van der Waals surface area contributed by atoms with Gasteiger partial charge in [-0.15, -0.1) is 0 Å². The molecule has 0 aliphatic rings. The molecule has 0 aromatic rings. The maximum absolute atomic E-state index is 12.5. The molecule has 3 unspecified atom stereocenters. The average molecular weight is 704 g/mol. The lowest BCUT2D eigenvalue weighted by molar-refractivity contribution is -0.154. The molecule has 0 bridgehead atoms. The molecule has 3 atom stereocenters. The van der Waals surface area contributed by atoms with E-state index in [-0.39, 0.29) is 13.0 Å². The second-order valence-electron chi connectivity index (χ2n) is 12.7. The molecule has 0 rings (SSSR count). The third-order valence-corrected chi connectivity index (χ3v) is 8.88. The lowest BCUT2D eigenvalue weighted by Crippen LogP contribution is -2.34. The number of hydrogen-bond donors (Lipinski definition) is 3. The molecule has 11 heteroatoms. The van der Waals surface area contributed by atoms with Gasteiger partial charge in [-0.3, -0.25) is 18.6 Å². The summed E-state index contributed by atoms with van der Waals surface area (Å²) < 4.78 is 33.1. The van der Waals surface area contributed by atoms with Crippen molar-refractivity contribution in [2.75, 3.05) is 26.4 Å². The molecule has 4 N–H and O–H groups in total. The number of carbonyl (C=O) groups excluding carboxylic acids is 1. The summed E-state index contributed by atoms with van der Waals surface area (Å²) in [5, 5.41) is 8.85. The fourth-order valence-electron chi connectivity index (χ4n) is 4.95. The standard InChI is InChI=1S/C37H70NO9P/c1-3-5-7-9-11-13-15-16-17-18-19-21-23-25-27-29-36(39)47-34(32-45-48(42,43)46-33-35(38)37(40)41)31-44-30-28-26-24-22-20-14-12-10-8-6-4-2/h8,10,16-17,34-35H,3-7,9,11-15,18-33,38H2,1-2H3,(H,40,41)(H,42,43)/b10-8-,17-16-. The van der Waals surface area contributed by atoms with Gasteiger partial charge in [0.1, 0.15) is 12.1 Å². The SMILES string of the molecule is CCC/C=C\CCCCCCCCOCC(COP(=O)(O)OCC(N)C(=O)O)OC(=O)CCCCCCC/C=C\CCCCCCCC. The van der Waals surface area contributed by atoms with Gasteiger partial charge in [0.25, 0.3) is 0 Å². The van der Waals surface area contributed by atoms with Crippen molar-refractivity contribution in [2.24, 2.45) is 5.73 Å². The van der Waals surface area contributed by atoms with E-state index in [4.69, 9.17) is 24.8 Å². The van der Waals surface area contributed by atoms with Crippen LogP contribution in [0.3, 0.4) is 0 Å². The van der Waals surface area contributed by atoms with E-state index < -0.39 is 45.1 Å². The predicted octanol–water partition coefficient (Wildman–Crippen LogP) is 9.58. The van der Waals surface area contributed by atoms with E-state index in [1.165, 1.54) is 70.6 Å². The summed E-state index contributed by atoms with van der Waals surface area (Å²) in [6.07, 6.45) is 33.7. The highest BCUT2D eigenvalue weighted by atomic mass is 31.2. The lowest BCUT2D eigenvalue weighted by Gasteiger charge is -2.20. The summed E-state index contributed by atoms with van der Waals surface area (Å²) in [5.74, 6) is -1.79. The van der Waals surface area contributed by atoms with E-state index in [1.54, 1.807) is 0 Å². The van der Waals surface area contributed by atoms with Crippen molar-refractivity contribution in [3.63, 3.8) is 0 Å². The molecule has 10 nitrogen and oxygen atoms in total. The van der Waals surface area contributed by atoms with Crippen LogP contribution >= 0.6 is 7.82 Å². The monoisotopic (exact) mass is 703 g/mol. The van der Waals surface area contributed by atoms with Gasteiger partial charge in [-0.1, -0.05) is 122 Å². The third-order valence-electron chi connectivity index (χ3n) is 7.93. The zero-order valence-corrected chi connectivity index (χ0v) is 31.2. The fraction of sp³-hybridized carbons (Fsp3) is 0.838. The number of carbonyl (C=O) groups is 2. The van der Waals surface area contributed by atoms with Gasteiger partial charge in [0.15, 0.2) is 0 Å². The quantitative estimate of drug-likeness (QED) is 0.0249. The molecule has 0 aliphatic heterocycles. The summed E-state index contributed by atoms with van der Waals surface area (Å²) >= 11 is 0. The van der Waals surface area contributed by atoms with Crippen LogP contribution in [-0.4, -0.2) is 60.5 Å². The minimum Gasteiger partial charge on any atom is -0.480 e. The first-order valence-corrected chi connectivity index (χ1v) is 20.4. The van der Waals surface area contributed by atoms with E-state index >= 15 is 0 Å². The highest BCUT2D eigenvalue weighted by Gasteiger charge is 2.27. The summed E-state index contributed by atoms with van der Waals surface area (Å²) in [4.78, 5) is 33.3. The predicted molar refractivity (Wildman–Crippen MR) is 194 cm³/mol. The van der Waals surface area contributed by atoms with Crippen LogP contribution in [0.25, 0.3) is 0 Å². The van der Waals surface area contributed by atoms with Crippen molar-refractivity contribution in [1.29, 1.82) is 0 Å². The number of nitrogens with two attached hydrogens (primary N) is 1. The number of aliphatic carboxylic acids is 1. The molecule has 0 aromatic carbocycles. The van der Waals surface area contributed by atoms with Crippen LogP contribution < -0.4 is 5.73 Å². The molecular weight excluding hydrogens is 633 g/mol. The molecule has 282 valence electrons. The van der Waals surface area contributed by atoms with Gasteiger partial charge in [0.05, 0.1) is 19.8 Å². The third kappa shape index (κ3) is 33.0. The van der Waals surface area contributed by atoms with E-state index in [9.17, 15) is 19.0 Å². The van der Waals surface area contributed by atoms with Crippen molar-refractivity contribution in [1.82, 2.24) is 0 Å². The van der Waals surface area contributed by atoms with Crippen LogP contribution in [0.15, 0.2) is 24.3 Å². The summed E-state index contributed by atoms with van der Waals surface area (Å²) in [6, 6.07) is -1.47. The number of phosphoric acid groups is 1. The Morgan fingerprint density at radius 3 is 1.67 bits per heavy atom. The Balaban J connectivity index is 4.32. The summed E-state index contributed by atoms with van der Waals surface area (Å²) in [6.45, 7) is 3.78. The van der Waals surface area contributed by atoms with Gasteiger partial charge in [-0.25, -0.2) is 4.57 Å². The Morgan fingerprint density at radius 2 is 1.12 bits per heavy atom. The summed E-state index contributed by atoms with van der Waals surface area (Å²) in [7, 11) is -4.61. The number of esters is 1. The lowest BCUT2D eigenvalue weighted by atomic mass is 10.1. The Hall–Kier alpha value is -1.55. The Kier molecular flexibility index (Phi) is 32.8. The normalized spacial score (nSPS) is 14.4. The van der Waals surface area contributed by atoms with E-state index in [0.29, 0.717) is 13.0 Å². The molecule has 0 spiro atoms. The molecule has 0 saturated heterocycles. The van der Waals surface area contributed by atoms with Gasteiger partial charge in [-0.2, -0.15) is 0 Å². The largest absolute Gasteiger partial charge is 0.480 e. The summed E-state index contributed by atoms with van der Waals surface area (Å²) in [5.41, 5.74) is 5.33. The first-order chi connectivity index (χ1) is 23.2. The molecule has 0 fully saturated rings.